The molecule has 5 aromatic rings. The normalized spacial score (nSPS) is 11.1. The van der Waals surface area contributed by atoms with E-state index in [2.05, 4.69) is 30.4 Å². The Morgan fingerprint density at radius 3 is 2.56 bits per heavy atom. The SMILES string of the molecule is Nc1nc(NCCc2ccc(CC(=O)Cc3cccnc3)cc2)nc2nc(-c3ccco3)nn12. The third-order valence-corrected chi connectivity index (χ3v) is 5.22. The number of Topliss-reactive ketones (excluding diaryl/α,β-unsaturated/α-hetero) is 1. The Morgan fingerprint density at radius 1 is 0.971 bits per heavy atom. The van der Waals surface area contributed by atoms with E-state index in [0.29, 0.717) is 42.7 Å². The molecule has 34 heavy (non-hydrogen) atoms. The number of nitrogens with two attached hydrogens (primary N) is 1. The van der Waals surface area contributed by atoms with Crippen LogP contribution >= 0.6 is 0 Å². The van der Waals surface area contributed by atoms with Gasteiger partial charge in [0.05, 0.1) is 6.26 Å². The summed E-state index contributed by atoms with van der Waals surface area (Å²) in [5.74, 6) is 1.97. The van der Waals surface area contributed by atoms with Crippen molar-refractivity contribution in [1.82, 2.24) is 29.5 Å². The molecule has 0 amide bonds. The van der Waals surface area contributed by atoms with E-state index in [1.807, 2.05) is 36.4 Å². The molecule has 4 heterocycles. The largest absolute Gasteiger partial charge is 0.461 e. The lowest BCUT2D eigenvalue weighted by atomic mass is 10.0. The van der Waals surface area contributed by atoms with Crippen LogP contribution in [0.2, 0.25) is 0 Å². The molecule has 0 fully saturated rings. The lowest BCUT2D eigenvalue weighted by Crippen LogP contribution is -2.12. The van der Waals surface area contributed by atoms with Gasteiger partial charge in [0.2, 0.25) is 17.7 Å². The summed E-state index contributed by atoms with van der Waals surface area (Å²) in [5, 5.41) is 7.46. The second-order valence-corrected chi connectivity index (χ2v) is 7.78. The van der Waals surface area contributed by atoms with E-state index in [-0.39, 0.29) is 11.7 Å². The highest BCUT2D eigenvalue weighted by atomic mass is 16.3. The third kappa shape index (κ3) is 4.90. The summed E-state index contributed by atoms with van der Waals surface area (Å²) in [5.41, 5.74) is 9.07. The van der Waals surface area contributed by atoms with Crippen LogP contribution in [0, 0.1) is 0 Å². The summed E-state index contributed by atoms with van der Waals surface area (Å²) in [6, 6.07) is 15.3. The summed E-state index contributed by atoms with van der Waals surface area (Å²) in [6.07, 6.45) is 6.53. The van der Waals surface area contributed by atoms with E-state index in [0.717, 1.165) is 23.1 Å². The molecular weight excluding hydrogens is 432 g/mol. The maximum Gasteiger partial charge on any atom is 0.259 e. The van der Waals surface area contributed by atoms with Crippen LogP contribution in [0.3, 0.4) is 0 Å². The van der Waals surface area contributed by atoms with E-state index < -0.39 is 0 Å². The third-order valence-electron chi connectivity index (χ3n) is 5.22. The predicted molar refractivity (Wildman–Crippen MR) is 126 cm³/mol. The van der Waals surface area contributed by atoms with Crippen LogP contribution < -0.4 is 11.1 Å². The average molecular weight is 454 g/mol. The molecule has 10 heteroatoms. The van der Waals surface area contributed by atoms with Gasteiger partial charge < -0.3 is 15.5 Å². The number of nitrogens with zero attached hydrogens (tertiary/aromatic N) is 6. The van der Waals surface area contributed by atoms with Gasteiger partial charge in [0.1, 0.15) is 5.78 Å². The summed E-state index contributed by atoms with van der Waals surface area (Å²) in [4.78, 5) is 29.4. The van der Waals surface area contributed by atoms with Gasteiger partial charge in [-0.3, -0.25) is 9.78 Å². The molecule has 0 unspecified atom stereocenters. The Bertz CT molecular complexity index is 1400. The minimum atomic E-state index is 0.163. The first kappa shape index (κ1) is 21.3. The number of fused-ring (bicyclic) bond motifs is 1. The van der Waals surface area contributed by atoms with Gasteiger partial charge in [-0.2, -0.15) is 19.5 Å². The number of nitrogen functional groups attached to an aromatic ring is 1. The molecule has 0 aliphatic rings. The highest BCUT2D eigenvalue weighted by molar-refractivity contribution is 5.83. The van der Waals surface area contributed by atoms with Crippen molar-refractivity contribution < 1.29 is 9.21 Å². The topological polar surface area (TPSA) is 137 Å². The Balaban J connectivity index is 1.16. The fourth-order valence-corrected chi connectivity index (χ4v) is 3.56. The van der Waals surface area contributed by atoms with Crippen LogP contribution in [0.4, 0.5) is 11.9 Å². The van der Waals surface area contributed by atoms with E-state index in [4.69, 9.17) is 10.2 Å². The standard InChI is InChI=1S/C24H22N8O2/c25-22-29-23(30-24-28-21(31-32(22)24)20-4-2-12-34-20)27-11-9-16-5-7-17(8-6-16)13-19(33)14-18-3-1-10-26-15-18/h1-8,10,12,15H,9,11,13-14H2,(H3,25,27,28,29,30,31). The predicted octanol–water partition coefficient (Wildman–Crippen LogP) is 2.77. The Labute approximate surface area is 194 Å². The quantitative estimate of drug-likeness (QED) is 0.344. The lowest BCUT2D eigenvalue weighted by molar-refractivity contribution is -0.117. The number of carbonyl (C=O) groups excluding carboxylic acids is 1. The van der Waals surface area contributed by atoms with Crippen LogP contribution in [0.1, 0.15) is 16.7 Å². The summed E-state index contributed by atoms with van der Waals surface area (Å²) < 4.78 is 6.70. The Hall–Kier alpha value is -4.60. The number of furan rings is 1. The Kier molecular flexibility index (Phi) is 5.93. The molecule has 1 aromatic carbocycles. The number of nitrogens with one attached hydrogen (secondary N) is 1. The number of ketones is 1. The molecule has 10 nitrogen and oxygen atoms in total. The average Bonchev–Trinajstić information content (AvgIpc) is 3.51. The molecule has 0 saturated carbocycles. The highest BCUT2D eigenvalue weighted by Gasteiger charge is 2.13. The molecule has 170 valence electrons. The highest BCUT2D eigenvalue weighted by Crippen LogP contribution is 2.17. The zero-order chi connectivity index (χ0) is 23.3. The van der Waals surface area contributed by atoms with Crippen LogP contribution in [-0.4, -0.2) is 41.9 Å². The summed E-state index contributed by atoms with van der Waals surface area (Å²) in [7, 11) is 0. The fraction of sp³-hybridized carbons (Fsp3) is 0.167. The van der Waals surface area contributed by atoms with Gasteiger partial charge >= 0.3 is 0 Å². The minimum absolute atomic E-state index is 0.163. The molecule has 0 aliphatic heterocycles. The van der Waals surface area contributed by atoms with Gasteiger partial charge in [-0.25, -0.2) is 0 Å². The van der Waals surface area contributed by atoms with Gasteiger partial charge in [0.25, 0.3) is 5.78 Å². The first-order valence-corrected chi connectivity index (χ1v) is 10.8. The first-order valence-electron chi connectivity index (χ1n) is 10.8. The number of pyridine rings is 1. The van der Waals surface area contributed by atoms with Gasteiger partial charge in [0.15, 0.2) is 5.76 Å². The molecule has 0 bridgehead atoms. The number of hydrogen-bond acceptors (Lipinski definition) is 9. The van der Waals surface area contributed by atoms with Gasteiger partial charge in [-0.1, -0.05) is 30.3 Å². The summed E-state index contributed by atoms with van der Waals surface area (Å²) >= 11 is 0. The molecule has 0 radical (unpaired) electrons. The van der Waals surface area contributed by atoms with Crippen molar-refractivity contribution in [3.63, 3.8) is 0 Å². The van der Waals surface area contributed by atoms with Crippen LogP contribution in [0.25, 0.3) is 17.4 Å². The number of hydrogen-bond donors (Lipinski definition) is 2. The fourth-order valence-electron chi connectivity index (χ4n) is 3.56. The molecule has 5 rings (SSSR count). The zero-order valence-electron chi connectivity index (χ0n) is 18.3. The molecule has 3 N–H and O–H groups in total. The molecule has 0 spiro atoms. The van der Waals surface area contributed by atoms with Crippen molar-refractivity contribution in [3.05, 3.63) is 83.9 Å². The first-order chi connectivity index (χ1) is 16.6. The van der Waals surface area contributed by atoms with E-state index in [9.17, 15) is 4.79 Å². The number of anilines is 2. The molecule has 0 atom stereocenters. The number of rotatable bonds is 9. The maximum absolute atomic E-state index is 12.3. The second-order valence-electron chi connectivity index (χ2n) is 7.78. The van der Waals surface area contributed by atoms with Crippen molar-refractivity contribution in [2.24, 2.45) is 0 Å². The number of aromatic nitrogens is 6. The van der Waals surface area contributed by atoms with Crippen molar-refractivity contribution in [1.29, 1.82) is 0 Å². The molecular formula is C24H22N8O2. The molecule has 0 saturated heterocycles. The van der Waals surface area contributed by atoms with Crippen molar-refractivity contribution in [2.75, 3.05) is 17.6 Å². The van der Waals surface area contributed by atoms with E-state index >= 15 is 0 Å². The van der Waals surface area contributed by atoms with Crippen molar-refractivity contribution in [3.8, 4) is 11.6 Å². The van der Waals surface area contributed by atoms with Gasteiger partial charge in [0, 0.05) is 31.8 Å². The summed E-state index contributed by atoms with van der Waals surface area (Å²) in [6.45, 7) is 0.605. The van der Waals surface area contributed by atoms with Crippen LogP contribution in [-0.2, 0) is 24.1 Å². The zero-order valence-corrected chi connectivity index (χ0v) is 18.3. The molecule has 4 aromatic heterocycles. The van der Waals surface area contributed by atoms with Crippen LogP contribution in [0.15, 0.2) is 71.6 Å². The second kappa shape index (κ2) is 9.49. The number of carbonyl (C=O) groups is 1. The van der Waals surface area contributed by atoms with Crippen LogP contribution in [0.5, 0.6) is 0 Å². The minimum Gasteiger partial charge on any atom is -0.461 e. The van der Waals surface area contributed by atoms with E-state index in [1.165, 1.54) is 4.52 Å². The van der Waals surface area contributed by atoms with E-state index in [1.54, 1.807) is 30.8 Å². The maximum atomic E-state index is 12.3. The van der Waals surface area contributed by atoms with Gasteiger partial charge in [-0.15, -0.1) is 5.10 Å². The molecule has 0 aliphatic carbocycles. The monoisotopic (exact) mass is 454 g/mol. The van der Waals surface area contributed by atoms with Crippen molar-refractivity contribution in [2.45, 2.75) is 19.3 Å². The smallest absolute Gasteiger partial charge is 0.259 e. The number of benzene rings is 1. The Morgan fingerprint density at radius 2 is 1.79 bits per heavy atom. The van der Waals surface area contributed by atoms with Crippen molar-refractivity contribution >= 4 is 23.5 Å². The van der Waals surface area contributed by atoms with Gasteiger partial charge in [-0.05, 0) is 41.3 Å². The lowest BCUT2D eigenvalue weighted by Gasteiger charge is -2.07.